The van der Waals surface area contributed by atoms with E-state index in [0.29, 0.717) is 26.2 Å². The molecule has 0 spiro atoms. The molecular formula is C20H30IN7O2. The van der Waals surface area contributed by atoms with Gasteiger partial charge in [-0.15, -0.1) is 24.0 Å². The van der Waals surface area contributed by atoms with Crippen LogP contribution in [0.1, 0.15) is 32.3 Å². The number of aliphatic imine (C=N–C) groups is 1. The molecule has 1 fully saturated rings. The minimum absolute atomic E-state index is 0. The number of halogens is 1. The molecule has 0 bridgehead atoms. The monoisotopic (exact) mass is 527 g/mol. The Morgan fingerprint density at radius 3 is 2.57 bits per heavy atom. The number of likely N-dealkylation sites (tertiary alicyclic amines) is 1. The summed E-state index contributed by atoms with van der Waals surface area (Å²) < 4.78 is 6.80. The highest BCUT2D eigenvalue weighted by Crippen LogP contribution is 2.12. The first kappa shape index (κ1) is 23.9. The first-order valence-corrected chi connectivity index (χ1v) is 10.1. The lowest BCUT2D eigenvalue weighted by atomic mass is 10.1. The molecule has 2 heterocycles. The zero-order valence-electron chi connectivity index (χ0n) is 17.5. The van der Waals surface area contributed by atoms with E-state index in [2.05, 4.69) is 20.7 Å². The van der Waals surface area contributed by atoms with E-state index in [1.165, 1.54) is 6.33 Å². The van der Waals surface area contributed by atoms with Crippen molar-refractivity contribution >= 4 is 36.0 Å². The van der Waals surface area contributed by atoms with Crippen molar-refractivity contribution in [1.29, 1.82) is 0 Å². The third-order valence-electron chi connectivity index (χ3n) is 4.75. The quantitative estimate of drug-likeness (QED) is 0.341. The number of piperidine rings is 1. The molecule has 1 aromatic heterocycles. The fourth-order valence-electron chi connectivity index (χ4n) is 3.20. The van der Waals surface area contributed by atoms with Crippen molar-refractivity contribution in [3.8, 4) is 5.69 Å². The fraction of sp³-hybridized carbons (Fsp3) is 0.500. The van der Waals surface area contributed by atoms with Gasteiger partial charge in [0.25, 0.3) is 0 Å². The van der Waals surface area contributed by atoms with Crippen LogP contribution in [0.5, 0.6) is 0 Å². The number of guanidine groups is 1. The van der Waals surface area contributed by atoms with Gasteiger partial charge in [-0.05, 0) is 44.4 Å². The van der Waals surface area contributed by atoms with E-state index in [9.17, 15) is 4.79 Å². The average Bonchev–Trinajstić information content (AvgIpc) is 3.28. The number of amides is 1. The van der Waals surface area contributed by atoms with Gasteiger partial charge < -0.3 is 20.3 Å². The van der Waals surface area contributed by atoms with E-state index in [-0.39, 0.29) is 36.1 Å². The molecule has 1 saturated heterocycles. The second-order valence-electron chi connectivity index (χ2n) is 6.81. The zero-order valence-corrected chi connectivity index (χ0v) is 19.8. The third-order valence-corrected chi connectivity index (χ3v) is 4.75. The van der Waals surface area contributed by atoms with E-state index >= 15 is 0 Å². The highest BCUT2D eigenvalue weighted by atomic mass is 127. The number of hydrogen-bond donors (Lipinski definition) is 2. The highest BCUT2D eigenvalue weighted by Gasteiger charge is 2.24. The third kappa shape index (κ3) is 6.85. The molecule has 1 aromatic carbocycles. The second kappa shape index (κ2) is 12.4. The summed E-state index contributed by atoms with van der Waals surface area (Å²) in [5, 5.41) is 10.9. The van der Waals surface area contributed by atoms with Crippen LogP contribution in [-0.2, 0) is 11.3 Å². The summed E-state index contributed by atoms with van der Waals surface area (Å²) in [7, 11) is 0. The molecule has 2 N–H and O–H groups in total. The van der Waals surface area contributed by atoms with Crippen LogP contribution in [0.25, 0.3) is 5.69 Å². The highest BCUT2D eigenvalue weighted by molar-refractivity contribution is 14.0. The van der Waals surface area contributed by atoms with Gasteiger partial charge in [0, 0.05) is 25.7 Å². The van der Waals surface area contributed by atoms with Crippen molar-refractivity contribution in [2.45, 2.75) is 39.3 Å². The summed E-state index contributed by atoms with van der Waals surface area (Å²) in [5.74, 6) is 0.794. The number of nitrogens with one attached hydrogen (secondary N) is 2. The molecule has 30 heavy (non-hydrogen) atoms. The molecule has 0 atom stereocenters. The minimum Gasteiger partial charge on any atom is -0.450 e. The van der Waals surface area contributed by atoms with Crippen LogP contribution in [-0.4, -0.2) is 64.0 Å². The number of hydrogen-bond acceptors (Lipinski definition) is 5. The first-order valence-electron chi connectivity index (χ1n) is 10.1. The minimum atomic E-state index is -0.221. The number of carbonyl (C=O) groups is 1. The SMILES string of the molecule is CCNC(=NCc1ccc(-n2cncn2)cc1)NC1CCN(C(=O)OCC)CC1.I. The maximum Gasteiger partial charge on any atom is 0.409 e. The van der Waals surface area contributed by atoms with Crippen LogP contribution >= 0.6 is 24.0 Å². The van der Waals surface area contributed by atoms with Gasteiger partial charge in [0.15, 0.2) is 5.96 Å². The normalized spacial score (nSPS) is 14.7. The zero-order chi connectivity index (χ0) is 20.5. The number of benzene rings is 1. The number of nitrogens with zero attached hydrogens (tertiary/aromatic N) is 5. The Kier molecular flexibility index (Phi) is 9.84. The van der Waals surface area contributed by atoms with Crippen molar-refractivity contribution in [2.75, 3.05) is 26.2 Å². The van der Waals surface area contributed by atoms with Gasteiger partial charge in [-0.2, -0.15) is 5.10 Å². The standard InChI is InChI=1S/C20H29N7O2.HI/c1-3-22-19(25-17-9-11-26(12-10-17)20(28)29-4-2)23-13-16-5-7-18(8-6-16)27-15-21-14-24-27;/h5-8,14-15,17H,3-4,9-13H2,1-2H3,(H2,22,23,25);1H. The molecule has 1 aliphatic rings. The predicted octanol–water partition coefficient (Wildman–Crippen LogP) is 2.56. The number of rotatable bonds is 6. The molecule has 164 valence electrons. The molecule has 1 amide bonds. The Balaban J connectivity index is 0.00000320. The van der Waals surface area contributed by atoms with Gasteiger partial charge in [0.05, 0.1) is 18.8 Å². The van der Waals surface area contributed by atoms with Crippen molar-refractivity contribution in [3.63, 3.8) is 0 Å². The molecular weight excluding hydrogens is 497 g/mol. The molecule has 3 rings (SSSR count). The summed E-state index contributed by atoms with van der Waals surface area (Å²) in [5.41, 5.74) is 2.08. The second-order valence-corrected chi connectivity index (χ2v) is 6.81. The van der Waals surface area contributed by atoms with Crippen LogP contribution in [0.3, 0.4) is 0 Å². The largest absolute Gasteiger partial charge is 0.450 e. The fourth-order valence-corrected chi connectivity index (χ4v) is 3.20. The van der Waals surface area contributed by atoms with Gasteiger partial charge in [-0.3, -0.25) is 0 Å². The number of carbonyl (C=O) groups excluding carboxylic acids is 1. The van der Waals surface area contributed by atoms with Gasteiger partial charge in [-0.25, -0.2) is 19.5 Å². The Hall–Kier alpha value is -2.37. The number of ether oxygens (including phenoxy) is 1. The van der Waals surface area contributed by atoms with E-state index in [1.807, 2.05) is 38.1 Å². The Labute approximate surface area is 194 Å². The van der Waals surface area contributed by atoms with Gasteiger partial charge in [0.2, 0.25) is 0 Å². The van der Waals surface area contributed by atoms with Crippen molar-refractivity contribution < 1.29 is 9.53 Å². The van der Waals surface area contributed by atoms with Crippen LogP contribution in [0.2, 0.25) is 0 Å². The molecule has 2 aromatic rings. The average molecular weight is 527 g/mol. The first-order chi connectivity index (χ1) is 14.2. The van der Waals surface area contributed by atoms with E-state index in [0.717, 1.165) is 36.6 Å². The van der Waals surface area contributed by atoms with Crippen molar-refractivity contribution in [2.24, 2.45) is 4.99 Å². The van der Waals surface area contributed by atoms with Crippen LogP contribution in [0, 0.1) is 0 Å². The molecule has 0 unspecified atom stereocenters. The van der Waals surface area contributed by atoms with E-state index < -0.39 is 0 Å². The summed E-state index contributed by atoms with van der Waals surface area (Å²) in [6.07, 6.45) is 4.71. The van der Waals surface area contributed by atoms with Crippen LogP contribution < -0.4 is 10.6 Å². The van der Waals surface area contributed by atoms with E-state index in [4.69, 9.17) is 9.73 Å². The molecule has 0 radical (unpaired) electrons. The molecule has 10 heteroatoms. The summed E-state index contributed by atoms with van der Waals surface area (Å²) >= 11 is 0. The maximum absolute atomic E-state index is 11.8. The van der Waals surface area contributed by atoms with Gasteiger partial charge in [-0.1, -0.05) is 12.1 Å². The van der Waals surface area contributed by atoms with Crippen molar-refractivity contribution in [3.05, 3.63) is 42.5 Å². The van der Waals surface area contributed by atoms with Gasteiger partial charge in [0.1, 0.15) is 12.7 Å². The Morgan fingerprint density at radius 2 is 1.97 bits per heavy atom. The van der Waals surface area contributed by atoms with Gasteiger partial charge >= 0.3 is 6.09 Å². The lowest BCUT2D eigenvalue weighted by Gasteiger charge is -2.32. The van der Waals surface area contributed by atoms with Crippen molar-refractivity contribution in [1.82, 2.24) is 30.3 Å². The number of aromatic nitrogens is 3. The Bertz CT molecular complexity index is 788. The Morgan fingerprint density at radius 1 is 1.23 bits per heavy atom. The smallest absolute Gasteiger partial charge is 0.409 e. The molecule has 1 aliphatic heterocycles. The van der Waals surface area contributed by atoms with E-state index in [1.54, 1.807) is 15.9 Å². The summed E-state index contributed by atoms with van der Waals surface area (Å²) in [6.45, 7) is 7.04. The van der Waals surface area contributed by atoms with Crippen LogP contribution in [0.15, 0.2) is 41.9 Å². The molecule has 0 aliphatic carbocycles. The molecule has 9 nitrogen and oxygen atoms in total. The maximum atomic E-state index is 11.8. The topological polar surface area (TPSA) is 96.7 Å². The summed E-state index contributed by atoms with van der Waals surface area (Å²) in [6, 6.07) is 8.38. The lowest BCUT2D eigenvalue weighted by molar-refractivity contribution is 0.0963. The van der Waals surface area contributed by atoms with Crippen LogP contribution in [0.4, 0.5) is 4.79 Å². The summed E-state index contributed by atoms with van der Waals surface area (Å²) in [4.78, 5) is 22.3. The molecule has 0 saturated carbocycles. The lowest BCUT2D eigenvalue weighted by Crippen LogP contribution is -2.49. The predicted molar refractivity (Wildman–Crippen MR) is 126 cm³/mol.